The number of hydrogen-bond acceptors (Lipinski definition) is 4. The Morgan fingerprint density at radius 2 is 1.69 bits per heavy atom. The van der Waals surface area contributed by atoms with E-state index in [-0.39, 0.29) is 11.5 Å². The number of rotatable bonds is 5. The zero-order valence-corrected chi connectivity index (χ0v) is 16.3. The molecule has 0 saturated heterocycles. The Kier molecular flexibility index (Phi) is 7.06. The van der Waals surface area contributed by atoms with Crippen LogP contribution in [0.4, 0.5) is 4.79 Å². The maximum absolute atomic E-state index is 12.3. The average molecular weight is 361 g/mol. The molecule has 0 bridgehead atoms. The number of amides is 1. The Morgan fingerprint density at radius 1 is 1.08 bits per heavy atom. The minimum Gasteiger partial charge on any atom is -0.461 e. The van der Waals surface area contributed by atoms with Gasteiger partial charge in [0.05, 0.1) is 0 Å². The normalized spacial score (nSPS) is 17.8. The van der Waals surface area contributed by atoms with Gasteiger partial charge in [0.15, 0.2) is 0 Å². The van der Waals surface area contributed by atoms with Crippen LogP contribution in [0.1, 0.15) is 71.5 Å². The molecule has 2 rings (SSSR count). The summed E-state index contributed by atoms with van der Waals surface area (Å²) in [6, 6.07) is 8.89. The topological polar surface area (TPSA) is 64.6 Å². The highest BCUT2D eigenvalue weighted by atomic mass is 16.6. The highest BCUT2D eigenvalue weighted by Gasteiger charge is 2.31. The van der Waals surface area contributed by atoms with Gasteiger partial charge in [0.1, 0.15) is 18.2 Å². The van der Waals surface area contributed by atoms with Crippen LogP contribution in [0.25, 0.3) is 0 Å². The third-order valence-corrected chi connectivity index (χ3v) is 4.64. The van der Waals surface area contributed by atoms with Gasteiger partial charge in [-0.2, -0.15) is 0 Å². The molecule has 1 saturated carbocycles. The summed E-state index contributed by atoms with van der Waals surface area (Å²) in [4.78, 5) is 24.5. The van der Waals surface area contributed by atoms with Crippen molar-refractivity contribution in [2.75, 3.05) is 0 Å². The van der Waals surface area contributed by atoms with Crippen LogP contribution in [0.3, 0.4) is 0 Å². The van der Waals surface area contributed by atoms with Crippen molar-refractivity contribution in [3.8, 4) is 0 Å². The van der Waals surface area contributed by atoms with Gasteiger partial charge >= 0.3 is 12.1 Å². The van der Waals surface area contributed by atoms with E-state index in [2.05, 4.69) is 5.32 Å². The first-order valence-corrected chi connectivity index (χ1v) is 9.50. The molecule has 1 aromatic carbocycles. The second-order valence-electron chi connectivity index (χ2n) is 8.12. The predicted octanol–water partition coefficient (Wildman–Crippen LogP) is 4.76. The molecule has 1 N–H and O–H groups in total. The summed E-state index contributed by atoms with van der Waals surface area (Å²) in [5, 5.41) is 2.61. The molecular weight excluding hydrogens is 330 g/mol. The first-order chi connectivity index (χ1) is 12.3. The van der Waals surface area contributed by atoms with Crippen LogP contribution >= 0.6 is 0 Å². The quantitative estimate of drug-likeness (QED) is 0.768. The molecule has 1 amide bonds. The molecule has 0 aliphatic heterocycles. The second-order valence-corrected chi connectivity index (χ2v) is 8.12. The van der Waals surface area contributed by atoms with Gasteiger partial charge in [-0.15, -0.1) is 0 Å². The lowest BCUT2D eigenvalue weighted by atomic mass is 9.84. The lowest BCUT2D eigenvalue weighted by Crippen LogP contribution is -2.42. The Balaban J connectivity index is 1.91. The van der Waals surface area contributed by atoms with Crippen LogP contribution in [0.2, 0.25) is 0 Å². The zero-order chi connectivity index (χ0) is 19.2. The summed E-state index contributed by atoms with van der Waals surface area (Å²) in [5.74, 6) is -0.402. The fourth-order valence-corrected chi connectivity index (χ4v) is 3.20. The monoisotopic (exact) mass is 361 g/mol. The average Bonchev–Trinajstić information content (AvgIpc) is 2.60. The molecule has 0 radical (unpaired) electrons. The summed E-state index contributed by atoms with van der Waals surface area (Å²) >= 11 is 0. The van der Waals surface area contributed by atoms with Crippen molar-refractivity contribution in [1.29, 1.82) is 0 Å². The van der Waals surface area contributed by atoms with E-state index in [0.717, 1.165) is 31.2 Å². The molecule has 2 atom stereocenters. The highest BCUT2D eigenvalue weighted by molar-refractivity contribution is 5.81. The molecular formula is C21H31NO4. The molecule has 5 nitrogen and oxygen atoms in total. The summed E-state index contributed by atoms with van der Waals surface area (Å²) in [6.07, 6.45) is 4.14. The van der Waals surface area contributed by atoms with Crippen LogP contribution in [0.15, 0.2) is 30.3 Å². The molecule has 0 aromatic heterocycles. The first kappa shape index (κ1) is 20.3. The van der Waals surface area contributed by atoms with Gasteiger partial charge in [-0.1, -0.05) is 57.5 Å². The van der Waals surface area contributed by atoms with Crippen molar-refractivity contribution in [2.24, 2.45) is 5.41 Å². The van der Waals surface area contributed by atoms with E-state index in [0.29, 0.717) is 0 Å². The van der Waals surface area contributed by atoms with E-state index in [1.807, 2.05) is 51.1 Å². The number of esters is 1. The summed E-state index contributed by atoms with van der Waals surface area (Å²) < 4.78 is 11.2. The van der Waals surface area contributed by atoms with Crippen LogP contribution in [0, 0.1) is 5.41 Å². The van der Waals surface area contributed by atoms with E-state index in [4.69, 9.17) is 9.47 Å². The maximum Gasteiger partial charge on any atom is 0.408 e. The van der Waals surface area contributed by atoms with Gasteiger partial charge in [0.2, 0.25) is 0 Å². The number of hydrogen-bond donors (Lipinski definition) is 1. The van der Waals surface area contributed by atoms with Crippen molar-refractivity contribution in [3.05, 3.63) is 35.9 Å². The molecule has 1 fully saturated rings. The molecule has 1 aromatic rings. The van der Waals surface area contributed by atoms with E-state index >= 15 is 0 Å². The SMILES string of the molecule is CC(NC(=O)OC(c1ccccc1)C(C)(C)C)C(=O)OC1CCCCC1. The van der Waals surface area contributed by atoms with Crippen LogP contribution in [0.5, 0.6) is 0 Å². The number of carbonyl (C=O) groups excluding carboxylic acids is 2. The van der Waals surface area contributed by atoms with E-state index in [9.17, 15) is 9.59 Å². The van der Waals surface area contributed by atoms with Gasteiger partial charge in [0.25, 0.3) is 0 Å². The smallest absolute Gasteiger partial charge is 0.408 e. The molecule has 1 aliphatic carbocycles. The third kappa shape index (κ3) is 6.04. The Bertz CT molecular complexity index is 588. The molecule has 0 spiro atoms. The number of carbonyl (C=O) groups is 2. The fraction of sp³-hybridized carbons (Fsp3) is 0.619. The Morgan fingerprint density at radius 3 is 2.27 bits per heavy atom. The van der Waals surface area contributed by atoms with Crippen molar-refractivity contribution < 1.29 is 19.1 Å². The Labute approximate surface area is 156 Å². The number of alkyl carbamates (subject to hydrolysis) is 1. The van der Waals surface area contributed by atoms with Crippen molar-refractivity contribution in [3.63, 3.8) is 0 Å². The standard InChI is InChI=1S/C21H31NO4/c1-15(19(23)25-17-13-9-6-10-14-17)22-20(24)26-18(21(2,3)4)16-11-7-5-8-12-16/h5,7-8,11-12,15,17-18H,6,9-10,13-14H2,1-4H3,(H,22,24). The van der Waals surface area contributed by atoms with Crippen molar-refractivity contribution >= 4 is 12.1 Å². The van der Waals surface area contributed by atoms with Crippen molar-refractivity contribution in [1.82, 2.24) is 5.32 Å². The molecule has 144 valence electrons. The van der Waals surface area contributed by atoms with Gasteiger partial charge in [-0.3, -0.25) is 0 Å². The second kappa shape index (κ2) is 9.06. The van der Waals surface area contributed by atoms with E-state index in [1.54, 1.807) is 6.92 Å². The fourth-order valence-electron chi connectivity index (χ4n) is 3.20. The highest BCUT2D eigenvalue weighted by Crippen LogP contribution is 2.36. The zero-order valence-electron chi connectivity index (χ0n) is 16.3. The first-order valence-electron chi connectivity index (χ1n) is 9.50. The van der Waals surface area contributed by atoms with Crippen LogP contribution in [-0.4, -0.2) is 24.2 Å². The number of ether oxygens (including phenoxy) is 2. The molecule has 5 heteroatoms. The molecule has 1 aliphatic rings. The summed E-state index contributed by atoms with van der Waals surface area (Å²) in [7, 11) is 0. The maximum atomic E-state index is 12.3. The predicted molar refractivity (Wildman–Crippen MR) is 101 cm³/mol. The van der Waals surface area contributed by atoms with Gasteiger partial charge in [-0.25, -0.2) is 9.59 Å². The number of benzene rings is 1. The number of nitrogens with one attached hydrogen (secondary N) is 1. The van der Waals surface area contributed by atoms with Crippen molar-refractivity contribution in [2.45, 2.75) is 78.0 Å². The summed E-state index contributed by atoms with van der Waals surface area (Å²) in [6.45, 7) is 7.66. The minimum absolute atomic E-state index is 0.0248. The van der Waals surface area contributed by atoms with Gasteiger partial charge in [-0.05, 0) is 38.2 Å². The van der Waals surface area contributed by atoms with Crippen LogP contribution < -0.4 is 5.32 Å². The lowest BCUT2D eigenvalue weighted by molar-refractivity contribution is -0.152. The van der Waals surface area contributed by atoms with E-state index < -0.39 is 24.2 Å². The molecule has 2 unspecified atom stereocenters. The van der Waals surface area contributed by atoms with E-state index in [1.165, 1.54) is 6.42 Å². The lowest BCUT2D eigenvalue weighted by Gasteiger charge is -2.31. The van der Waals surface area contributed by atoms with Gasteiger partial charge < -0.3 is 14.8 Å². The van der Waals surface area contributed by atoms with Crippen LogP contribution in [-0.2, 0) is 14.3 Å². The van der Waals surface area contributed by atoms with Gasteiger partial charge in [0, 0.05) is 5.41 Å². The summed E-state index contributed by atoms with van der Waals surface area (Å²) in [5.41, 5.74) is 0.650. The molecule has 0 heterocycles. The minimum atomic E-state index is -0.735. The molecule has 26 heavy (non-hydrogen) atoms. The third-order valence-electron chi connectivity index (χ3n) is 4.64. The largest absolute Gasteiger partial charge is 0.461 e. The Hall–Kier alpha value is -2.04.